The van der Waals surface area contributed by atoms with E-state index in [-0.39, 0.29) is 12.1 Å². The highest BCUT2D eigenvalue weighted by Gasteiger charge is 2.26. The molecule has 0 atom stereocenters. The van der Waals surface area contributed by atoms with Gasteiger partial charge in [0.1, 0.15) is 16.7 Å². The zero-order valence-electron chi connectivity index (χ0n) is 26.2. The lowest BCUT2D eigenvalue weighted by Crippen LogP contribution is -2.32. The number of rotatable bonds is 7. The number of aromatic nitrogens is 3. The van der Waals surface area contributed by atoms with Gasteiger partial charge in [0.15, 0.2) is 0 Å². The Balaban J connectivity index is 1.48. The lowest BCUT2D eigenvalue weighted by atomic mass is 9.93. The van der Waals surface area contributed by atoms with Crippen LogP contribution in [0.15, 0.2) is 91.3 Å². The van der Waals surface area contributed by atoms with E-state index in [4.69, 9.17) is 9.72 Å². The maximum absolute atomic E-state index is 12.3. The predicted molar refractivity (Wildman–Crippen MR) is 177 cm³/mol. The molecule has 1 saturated carbocycles. The standard InChI is InChI=1S/C37H41N5O3/c1-37(2,3)45-36(44)39-22-25-11-10-12-26(21-25)23-41-33(28-15-8-5-9-16-28)31(27-13-6-4-7-14-27)32-34(38)42(24-40-35(32)41)29-17-19-30(43)20-18-29/h4-16,21,24,29-30,38,43H,17-20,22-23H2,1-3H3,(H,39,44)/t29-,30-. The van der Waals surface area contributed by atoms with Crippen molar-refractivity contribution in [2.24, 2.45) is 0 Å². The normalized spacial score (nSPS) is 16.9. The summed E-state index contributed by atoms with van der Waals surface area (Å²) in [5.74, 6) is 0. The van der Waals surface area contributed by atoms with Crippen LogP contribution in [-0.2, 0) is 17.8 Å². The SMILES string of the molecule is CC(C)(C)OC(=O)NCc1cccc(Cn2c(-c3ccccc3)c(-c3ccccc3)c3c(=N)n([C@H]4CC[C@H](O)CC4)cnc32)c1. The van der Waals surface area contributed by atoms with Crippen LogP contribution in [0.3, 0.4) is 0 Å². The summed E-state index contributed by atoms with van der Waals surface area (Å²) in [6, 6.07) is 28.9. The smallest absolute Gasteiger partial charge is 0.407 e. The van der Waals surface area contributed by atoms with Crippen molar-refractivity contribution in [3.8, 4) is 22.4 Å². The quantitative estimate of drug-likeness (QED) is 0.183. The van der Waals surface area contributed by atoms with Crippen LogP contribution in [0.4, 0.5) is 4.79 Å². The van der Waals surface area contributed by atoms with E-state index >= 15 is 0 Å². The number of hydrogen-bond donors (Lipinski definition) is 3. The number of aliphatic hydroxyl groups excluding tert-OH is 1. The molecular weight excluding hydrogens is 562 g/mol. The Morgan fingerprint density at radius 3 is 2.24 bits per heavy atom. The van der Waals surface area contributed by atoms with Crippen LogP contribution in [0.25, 0.3) is 33.4 Å². The number of hydrogen-bond acceptors (Lipinski definition) is 5. The molecule has 2 heterocycles. The van der Waals surface area contributed by atoms with E-state index in [0.717, 1.165) is 70.2 Å². The number of fused-ring (bicyclic) bond motifs is 1. The van der Waals surface area contributed by atoms with Crippen LogP contribution in [0.2, 0.25) is 0 Å². The van der Waals surface area contributed by atoms with Crippen LogP contribution >= 0.6 is 0 Å². The molecular formula is C37H41N5O3. The average Bonchev–Trinajstić information content (AvgIpc) is 3.35. The number of nitrogens with zero attached hydrogens (tertiary/aromatic N) is 3. The van der Waals surface area contributed by atoms with Crippen molar-refractivity contribution < 1.29 is 14.6 Å². The summed E-state index contributed by atoms with van der Waals surface area (Å²) >= 11 is 0. The zero-order valence-corrected chi connectivity index (χ0v) is 26.2. The van der Waals surface area contributed by atoms with Gasteiger partial charge < -0.3 is 24.3 Å². The number of alkyl carbamates (subject to hydrolysis) is 1. The maximum Gasteiger partial charge on any atom is 0.407 e. The second-order valence-electron chi connectivity index (χ2n) is 12.9. The Bertz CT molecular complexity index is 1850. The van der Waals surface area contributed by atoms with Gasteiger partial charge in [-0.15, -0.1) is 0 Å². The number of carbonyl (C=O) groups excluding carboxylic acids is 1. The zero-order chi connectivity index (χ0) is 31.6. The first-order valence-electron chi connectivity index (χ1n) is 15.7. The molecule has 5 aromatic rings. The molecule has 0 spiro atoms. The van der Waals surface area contributed by atoms with Gasteiger partial charge in [-0.1, -0.05) is 84.9 Å². The molecule has 2 aromatic heterocycles. The minimum atomic E-state index is -0.564. The molecule has 0 radical (unpaired) electrons. The van der Waals surface area contributed by atoms with E-state index in [1.54, 1.807) is 0 Å². The van der Waals surface area contributed by atoms with Crippen molar-refractivity contribution >= 4 is 17.1 Å². The van der Waals surface area contributed by atoms with Crippen LogP contribution < -0.4 is 10.8 Å². The highest BCUT2D eigenvalue weighted by atomic mass is 16.6. The first-order chi connectivity index (χ1) is 21.7. The van der Waals surface area contributed by atoms with Gasteiger partial charge >= 0.3 is 6.09 Å². The summed E-state index contributed by atoms with van der Waals surface area (Å²) < 4.78 is 9.64. The fourth-order valence-electron chi connectivity index (χ4n) is 6.33. The Hall–Kier alpha value is -4.69. The summed E-state index contributed by atoms with van der Waals surface area (Å²) in [6.07, 6.45) is 4.20. The molecule has 0 saturated heterocycles. The minimum absolute atomic E-state index is 0.124. The number of carbonyl (C=O) groups is 1. The molecule has 1 fully saturated rings. The van der Waals surface area contributed by atoms with Gasteiger partial charge in [-0.25, -0.2) is 9.78 Å². The third kappa shape index (κ3) is 6.71. The number of ether oxygens (including phenoxy) is 1. The summed E-state index contributed by atoms with van der Waals surface area (Å²) in [7, 11) is 0. The van der Waals surface area contributed by atoms with Crippen LogP contribution in [0.1, 0.15) is 63.6 Å². The van der Waals surface area contributed by atoms with Crippen LogP contribution in [0.5, 0.6) is 0 Å². The van der Waals surface area contributed by atoms with Gasteiger partial charge in [-0.3, -0.25) is 5.41 Å². The molecule has 45 heavy (non-hydrogen) atoms. The molecule has 0 aliphatic heterocycles. The van der Waals surface area contributed by atoms with Crippen molar-refractivity contribution in [3.63, 3.8) is 0 Å². The highest BCUT2D eigenvalue weighted by Crippen LogP contribution is 2.40. The molecule has 8 nitrogen and oxygen atoms in total. The fourth-order valence-corrected chi connectivity index (χ4v) is 6.33. The van der Waals surface area contributed by atoms with Gasteiger partial charge in [0.05, 0.1) is 23.5 Å². The van der Waals surface area contributed by atoms with E-state index in [9.17, 15) is 15.3 Å². The second-order valence-corrected chi connectivity index (χ2v) is 12.9. The van der Waals surface area contributed by atoms with Gasteiger partial charge in [0, 0.05) is 24.7 Å². The molecule has 1 aliphatic rings. The molecule has 3 aromatic carbocycles. The van der Waals surface area contributed by atoms with Crippen molar-refractivity contribution in [2.45, 2.75) is 77.3 Å². The van der Waals surface area contributed by atoms with Crippen molar-refractivity contribution in [3.05, 3.63) is 108 Å². The van der Waals surface area contributed by atoms with E-state index in [0.29, 0.717) is 18.6 Å². The Kier molecular flexibility index (Phi) is 8.59. The van der Waals surface area contributed by atoms with E-state index in [1.807, 2.05) is 80.2 Å². The third-order valence-corrected chi connectivity index (χ3v) is 8.37. The molecule has 1 amide bonds. The van der Waals surface area contributed by atoms with E-state index in [2.05, 4.69) is 46.3 Å². The summed E-state index contributed by atoms with van der Waals surface area (Å²) in [5.41, 5.74) is 6.71. The van der Waals surface area contributed by atoms with Crippen LogP contribution in [0, 0.1) is 5.41 Å². The van der Waals surface area contributed by atoms with E-state index < -0.39 is 11.7 Å². The predicted octanol–water partition coefficient (Wildman–Crippen LogP) is 7.20. The lowest BCUT2D eigenvalue weighted by molar-refractivity contribution is 0.0523. The first kappa shape index (κ1) is 30.3. The average molecular weight is 604 g/mol. The summed E-state index contributed by atoms with van der Waals surface area (Å²) in [4.78, 5) is 17.4. The van der Waals surface area contributed by atoms with Crippen molar-refractivity contribution in [2.75, 3.05) is 0 Å². The van der Waals surface area contributed by atoms with Gasteiger partial charge in [-0.2, -0.15) is 0 Å². The highest BCUT2D eigenvalue weighted by molar-refractivity contribution is 6.02. The number of aliphatic hydroxyl groups is 1. The molecule has 1 aliphatic carbocycles. The third-order valence-electron chi connectivity index (χ3n) is 8.37. The van der Waals surface area contributed by atoms with Crippen molar-refractivity contribution in [1.82, 2.24) is 19.4 Å². The van der Waals surface area contributed by atoms with Gasteiger partial charge in [0.2, 0.25) is 0 Å². The van der Waals surface area contributed by atoms with E-state index in [1.165, 1.54) is 0 Å². The molecule has 6 rings (SSSR count). The lowest BCUT2D eigenvalue weighted by Gasteiger charge is -2.27. The monoisotopic (exact) mass is 603 g/mol. The molecule has 0 unspecified atom stereocenters. The molecule has 8 heteroatoms. The summed E-state index contributed by atoms with van der Waals surface area (Å²) in [6.45, 7) is 6.42. The Labute approximate surface area is 263 Å². The molecule has 3 N–H and O–H groups in total. The Morgan fingerprint density at radius 1 is 0.933 bits per heavy atom. The summed E-state index contributed by atoms with van der Waals surface area (Å²) in [5, 5.41) is 23.4. The first-order valence-corrected chi connectivity index (χ1v) is 15.7. The Morgan fingerprint density at radius 2 is 1.58 bits per heavy atom. The topological polar surface area (TPSA) is 105 Å². The fraction of sp³-hybridized carbons (Fsp3) is 0.324. The number of amides is 1. The number of nitrogens with one attached hydrogen (secondary N) is 2. The van der Waals surface area contributed by atoms with Gasteiger partial charge in [0.25, 0.3) is 0 Å². The maximum atomic E-state index is 12.3. The second kappa shape index (κ2) is 12.7. The molecule has 0 bridgehead atoms. The van der Waals surface area contributed by atoms with Gasteiger partial charge in [-0.05, 0) is 68.7 Å². The minimum Gasteiger partial charge on any atom is -0.444 e. The molecule has 232 valence electrons. The van der Waals surface area contributed by atoms with Crippen LogP contribution in [-0.4, -0.2) is 37.0 Å². The number of benzene rings is 3. The van der Waals surface area contributed by atoms with Crippen molar-refractivity contribution in [1.29, 1.82) is 5.41 Å². The largest absolute Gasteiger partial charge is 0.444 e.